The first-order chi connectivity index (χ1) is 15.4. The predicted octanol–water partition coefficient (Wildman–Crippen LogP) is 8.81. The molecule has 0 unspecified atom stereocenters. The molecule has 0 saturated heterocycles. The molecular weight excluding hydrogens is 400 g/mol. The zero-order chi connectivity index (χ0) is 24.0. The van der Waals surface area contributed by atoms with E-state index in [1.165, 1.54) is 64.2 Å². The van der Waals surface area contributed by atoms with E-state index in [1.807, 2.05) is 0 Å². The van der Waals surface area contributed by atoms with E-state index in [2.05, 4.69) is 61.5 Å². The minimum absolute atomic E-state index is 0.0867. The number of aliphatic hydroxyl groups is 1. The molecule has 188 valence electrons. The lowest BCUT2D eigenvalue weighted by Gasteiger charge is -2.63. The number of fused-ring (bicyclic) bond motifs is 2. The van der Waals surface area contributed by atoms with E-state index in [0.29, 0.717) is 27.6 Å². The van der Waals surface area contributed by atoms with E-state index in [0.717, 1.165) is 30.1 Å². The van der Waals surface area contributed by atoms with Crippen LogP contribution in [0.25, 0.3) is 0 Å². The van der Waals surface area contributed by atoms with Gasteiger partial charge in [0.25, 0.3) is 0 Å². The molecule has 1 heteroatoms. The number of allylic oxidation sites excluding steroid dienone is 2. The molecule has 1 nitrogen and oxygen atoms in total. The van der Waals surface area contributed by atoms with Crippen LogP contribution in [0.4, 0.5) is 0 Å². The summed E-state index contributed by atoms with van der Waals surface area (Å²) in [7, 11) is 0. The van der Waals surface area contributed by atoms with Gasteiger partial charge in [0.05, 0.1) is 6.10 Å². The Morgan fingerprint density at radius 1 is 0.848 bits per heavy atom. The van der Waals surface area contributed by atoms with Crippen molar-refractivity contribution in [3.05, 3.63) is 11.6 Å². The van der Waals surface area contributed by atoms with Crippen LogP contribution in [-0.2, 0) is 0 Å². The fraction of sp³-hybridized carbons (Fsp3) is 0.938. The van der Waals surface area contributed by atoms with Gasteiger partial charge in [0.1, 0.15) is 0 Å². The fourth-order valence-corrected chi connectivity index (χ4v) is 11.7. The molecule has 2 spiro atoms. The lowest BCUT2D eigenvalue weighted by atomic mass is 9.41. The maximum Gasteiger partial charge on any atom is 0.0594 e. The zero-order valence-electron chi connectivity index (χ0n) is 23.3. The topological polar surface area (TPSA) is 20.2 Å². The van der Waals surface area contributed by atoms with Crippen LogP contribution in [0.15, 0.2) is 11.6 Å². The first-order valence-corrected chi connectivity index (χ1v) is 14.7. The summed E-state index contributed by atoms with van der Waals surface area (Å²) in [4.78, 5) is 0. The molecule has 5 aliphatic carbocycles. The van der Waals surface area contributed by atoms with Crippen LogP contribution >= 0.6 is 0 Å². The number of aliphatic hydroxyl groups excluding tert-OH is 1. The Labute approximate surface area is 205 Å². The second-order valence-electron chi connectivity index (χ2n) is 15.1. The van der Waals surface area contributed by atoms with Crippen molar-refractivity contribution in [1.82, 2.24) is 0 Å². The van der Waals surface area contributed by atoms with Crippen molar-refractivity contribution in [3.63, 3.8) is 0 Å². The van der Waals surface area contributed by atoms with Gasteiger partial charge in [-0.1, -0.05) is 60.1 Å². The van der Waals surface area contributed by atoms with Gasteiger partial charge in [-0.3, -0.25) is 0 Å². The van der Waals surface area contributed by atoms with Crippen LogP contribution in [0.2, 0.25) is 0 Å². The Hall–Kier alpha value is -0.300. The van der Waals surface area contributed by atoms with E-state index < -0.39 is 0 Å². The van der Waals surface area contributed by atoms with E-state index in [4.69, 9.17) is 0 Å². The molecule has 0 radical (unpaired) electrons. The molecule has 5 aliphatic rings. The highest BCUT2D eigenvalue weighted by Gasteiger charge is 2.82. The Morgan fingerprint density at radius 3 is 2.18 bits per heavy atom. The van der Waals surface area contributed by atoms with Gasteiger partial charge in [-0.15, -0.1) is 0 Å². The van der Waals surface area contributed by atoms with Crippen molar-refractivity contribution < 1.29 is 5.11 Å². The number of hydrogen-bond donors (Lipinski definition) is 1. The van der Waals surface area contributed by atoms with E-state index >= 15 is 0 Å². The van der Waals surface area contributed by atoms with Gasteiger partial charge in [-0.25, -0.2) is 0 Å². The summed E-state index contributed by atoms with van der Waals surface area (Å²) < 4.78 is 0. The maximum atomic E-state index is 10.9. The summed E-state index contributed by atoms with van der Waals surface area (Å²) in [5.41, 5.74) is 4.02. The summed E-state index contributed by atoms with van der Waals surface area (Å²) in [5.74, 6) is 4.13. The predicted molar refractivity (Wildman–Crippen MR) is 140 cm³/mol. The highest BCUT2D eigenvalue weighted by molar-refractivity contribution is 5.30. The van der Waals surface area contributed by atoms with Crippen LogP contribution in [0.5, 0.6) is 0 Å². The fourth-order valence-electron chi connectivity index (χ4n) is 11.7. The standard InChI is InChI=1S/C32H54O/c1-9-23(21(2)3)11-10-22(4)24-14-16-30(8)26-13-12-25-28(5,6)27(33)15-17-31(25)20-32(26,31)19-18-29(24,30)7/h9,21-22,24-27,33H,10-20H2,1-8H3/b23-9-/t22-,24-,25+,26+,27+,29-,30+,31-,32+/m1/s1. The van der Waals surface area contributed by atoms with Crippen molar-refractivity contribution in [2.75, 3.05) is 0 Å². The first-order valence-electron chi connectivity index (χ1n) is 14.7. The Balaban J connectivity index is 1.38. The van der Waals surface area contributed by atoms with Crippen LogP contribution in [0.3, 0.4) is 0 Å². The van der Waals surface area contributed by atoms with Crippen LogP contribution in [0, 0.1) is 56.7 Å². The summed E-state index contributed by atoms with van der Waals surface area (Å²) in [6.45, 7) is 19.8. The lowest BCUT2D eigenvalue weighted by Crippen LogP contribution is -2.57. The SMILES string of the molecule is C/C=C(/CC[C@@H](C)[C@H]1CC[C@@]2(C)[C@@H]3CC[C@H]4C(C)(C)[C@@H](O)CC[C@@]45C[C@@]35CC[C@]12C)C(C)C. The highest BCUT2D eigenvalue weighted by Crippen LogP contribution is 2.89. The van der Waals surface area contributed by atoms with Gasteiger partial charge < -0.3 is 5.11 Å². The zero-order valence-corrected chi connectivity index (χ0v) is 23.3. The molecule has 0 aromatic heterocycles. The van der Waals surface area contributed by atoms with Crippen molar-refractivity contribution in [3.8, 4) is 0 Å². The first kappa shape index (κ1) is 24.4. The monoisotopic (exact) mass is 454 g/mol. The van der Waals surface area contributed by atoms with E-state index in [1.54, 1.807) is 5.57 Å². The van der Waals surface area contributed by atoms with Gasteiger partial charge in [0.2, 0.25) is 0 Å². The number of hydrogen-bond acceptors (Lipinski definition) is 1. The minimum atomic E-state index is -0.0867. The molecule has 0 aliphatic heterocycles. The molecule has 9 atom stereocenters. The van der Waals surface area contributed by atoms with Crippen LogP contribution in [0.1, 0.15) is 126 Å². The quantitative estimate of drug-likeness (QED) is 0.411. The second-order valence-corrected chi connectivity index (χ2v) is 15.1. The average Bonchev–Trinajstić information content (AvgIpc) is 3.34. The summed E-state index contributed by atoms with van der Waals surface area (Å²) >= 11 is 0. The van der Waals surface area contributed by atoms with Gasteiger partial charge in [0, 0.05) is 0 Å². The summed E-state index contributed by atoms with van der Waals surface area (Å²) in [6, 6.07) is 0. The third-order valence-electron chi connectivity index (χ3n) is 13.8. The molecule has 0 amide bonds. The number of rotatable bonds is 5. The molecule has 5 rings (SSSR count). The average molecular weight is 455 g/mol. The third kappa shape index (κ3) is 2.99. The van der Waals surface area contributed by atoms with Gasteiger partial charge in [0.15, 0.2) is 0 Å². The minimum Gasteiger partial charge on any atom is -0.393 e. The van der Waals surface area contributed by atoms with Crippen molar-refractivity contribution in [2.45, 2.75) is 132 Å². The molecule has 5 saturated carbocycles. The van der Waals surface area contributed by atoms with Gasteiger partial charge >= 0.3 is 0 Å². The maximum absolute atomic E-state index is 10.9. The lowest BCUT2D eigenvalue weighted by molar-refractivity contribution is -0.161. The summed E-state index contributed by atoms with van der Waals surface area (Å²) in [5, 5.41) is 10.9. The Morgan fingerprint density at radius 2 is 1.52 bits per heavy atom. The van der Waals surface area contributed by atoms with Crippen LogP contribution < -0.4 is 0 Å². The molecule has 0 heterocycles. The molecule has 0 aromatic carbocycles. The van der Waals surface area contributed by atoms with Crippen LogP contribution in [-0.4, -0.2) is 11.2 Å². The molecular formula is C32H54O. The normalized spacial score (nSPS) is 51.4. The Kier molecular flexibility index (Phi) is 5.62. The molecule has 1 N–H and O–H groups in total. The van der Waals surface area contributed by atoms with E-state index in [9.17, 15) is 5.11 Å². The molecule has 33 heavy (non-hydrogen) atoms. The van der Waals surface area contributed by atoms with Crippen molar-refractivity contribution in [2.24, 2.45) is 56.7 Å². The second kappa shape index (κ2) is 7.60. The van der Waals surface area contributed by atoms with Gasteiger partial charge in [-0.05, 0) is 134 Å². The largest absolute Gasteiger partial charge is 0.393 e. The smallest absolute Gasteiger partial charge is 0.0594 e. The van der Waals surface area contributed by atoms with Gasteiger partial charge in [-0.2, -0.15) is 0 Å². The van der Waals surface area contributed by atoms with Crippen molar-refractivity contribution >= 4 is 0 Å². The third-order valence-corrected chi connectivity index (χ3v) is 13.8. The van der Waals surface area contributed by atoms with E-state index in [-0.39, 0.29) is 11.5 Å². The summed E-state index contributed by atoms with van der Waals surface area (Å²) in [6.07, 6.45) is 17.5. The highest BCUT2D eigenvalue weighted by atomic mass is 16.3. The molecule has 5 fully saturated rings. The Bertz CT molecular complexity index is 807. The molecule has 0 bridgehead atoms. The van der Waals surface area contributed by atoms with Crippen molar-refractivity contribution in [1.29, 1.82) is 0 Å². The molecule has 0 aromatic rings.